The summed E-state index contributed by atoms with van der Waals surface area (Å²) in [4.78, 5) is 34.9. The molecule has 1 atom stereocenters. The molecule has 25 heavy (non-hydrogen) atoms. The minimum atomic E-state index is -1.01. The molecule has 0 unspecified atom stereocenters. The van der Waals surface area contributed by atoms with Crippen molar-refractivity contribution in [1.82, 2.24) is 5.32 Å². The van der Waals surface area contributed by atoms with Crippen LogP contribution in [-0.4, -0.2) is 23.8 Å². The van der Waals surface area contributed by atoms with E-state index in [4.69, 9.17) is 10.5 Å². The van der Waals surface area contributed by atoms with E-state index in [-0.39, 0.29) is 17.7 Å². The summed E-state index contributed by atoms with van der Waals surface area (Å²) in [5, 5.41) is 2.50. The third-order valence-electron chi connectivity index (χ3n) is 3.34. The maximum atomic E-state index is 13.2. The molecule has 2 rings (SSSR count). The molecule has 7 heteroatoms. The Bertz CT molecular complexity index is 807. The molecule has 2 aromatic carbocycles. The Hall–Kier alpha value is -3.22. The number of halogens is 1. The van der Waals surface area contributed by atoms with Gasteiger partial charge in [-0.05, 0) is 35.9 Å². The minimum Gasteiger partial charge on any atom is -0.427 e. The van der Waals surface area contributed by atoms with Crippen LogP contribution in [0, 0.1) is 5.82 Å². The van der Waals surface area contributed by atoms with E-state index in [9.17, 15) is 18.8 Å². The first-order valence-corrected chi connectivity index (χ1v) is 7.48. The highest BCUT2D eigenvalue weighted by atomic mass is 19.1. The molecule has 0 aliphatic heterocycles. The molecule has 0 fully saturated rings. The molecule has 0 bridgehead atoms. The zero-order valence-electron chi connectivity index (χ0n) is 13.5. The van der Waals surface area contributed by atoms with Crippen LogP contribution < -0.4 is 15.8 Å². The summed E-state index contributed by atoms with van der Waals surface area (Å²) in [5.41, 5.74) is 6.05. The normalized spacial score (nSPS) is 11.4. The number of hydrogen-bond donors (Lipinski definition) is 2. The van der Waals surface area contributed by atoms with Crippen molar-refractivity contribution in [1.29, 1.82) is 0 Å². The molecule has 6 nitrogen and oxygen atoms in total. The highest BCUT2D eigenvalue weighted by Gasteiger charge is 2.20. The maximum absolute atomic E-state index is 13.2. The van der Waals surface area contributed by atoms with Gasteiger partial charge in [-0.15, -0.1) is 0 Å². The van der Waals surface area contributed by atoms with Crippen LogP contribution in [0.15, 0.2) is 48.5 Å². The number of carbonyl (C=O) groups is 3. The van der Waals surface area contributed by atoms with Gasteiger partial charge in [0.15, 0.2) is 0 Å². The van der Waals surface area contributed by atoms with E-state index in [0.29, 0.717) is 5.56 Å². The van der Waals surface area contributed by atoms with E-state index >= 15 is 0 Å². The topological polar surface area (TPSA) is 98.5 Å². The molecule has 0 heterocycles. The average Bonchev–Trinajstić information content (AvgIpc) is 2.53. The first-order valence-electron chi connectivity index (χ1n) is 7.48. The van der Waals surface area contributed by atoms with E-state index in [2.05, 4.69) is 5.32 Å². The van der Waals surface area contributed by atoms with Gasteiger partial charge < -0.3 is 15.8 Å². The number of hydrogen-bond acceptors (Lipinski definition) is 4. The van der Waals surface area contributed by atoms with E-state index in [1.807, 2.05) is 0 Å². The lowest BCUT2D eigenvalue weighted by atomic mass is 10.0. The summed E-state index contributed by atoms with van der Waals surface area (Å²) < 4.78 is 18.2. The van der Waals surface area contributed by atoms with Gasteiger partial charge in [-0.1, -0.05) is 18.2 Å². The number of carbonyl (C=O) groups excluding carboxylic acids is 3. The summed E-state index contributed by atoms with van der Waals surface area (Å²) >= 11 is 0. The first kappa shape index (κ1) is 18.1. The lowest BCUT2D eigenvalue weighted by Crippen LogP contribution is -2.45. The molecule has 0 aromatic heterocycles. The molecule has 2 amide bonds. The molecule has 130 valence electrons. The largest absolute Gasteiger partial charge is 0.427 e. The third kappa shape index (κ3) is 5.42. The highest BCUT2D eigenvalue weighted by molar-refractivity contribution is 5.97. The van der Waals surface area contributed by atoms with Crippen LogP contribution in [0.1, 0.15) is 22.8 Å². The van der Waals surface area contributed by atoms with Gasteiger partial charge in [-0.2, -0.15) is 0 Å². The van der Waals surface area contributed by atoms with Crippen molar-refractivity contribution >= 4 is 17.8 Å². The van der Waals surface area contributed by atoms with E-state index in [1.54, 1.807) is 12.1 Å². The fraction of sp³-hybridized carbons (Fsp3) is 0.167. The quantitative estimate of drug-likeness (QED) is 0.614. The van der Waals surface area contributed by atoms with Crippen LogP contribution in [-0.2, 0) is 16.0 Å². The smallest absolute Gasteiger partial charge is 0.308 e. The molecule has 0 radical (unpaired) electrons. The van der Waals surface area contributed by atoms with Crippen molar-refractivity contribution in [2.24, 2.45) is 5.73 Å². The SMILES string of the molecule is CC(=O)Oc1cccc(C(=O)N[C@@H](Cc2cccc(F)c2)C(N)=O)c1. The summed E-state index contributed by atoms with van der Waals surface area (Å²) in [5.74, 6) is -2.05. The minimum absolute atomic E-state index is 0.0580. The number of amides is 2. The molecule has 0 spiro atoms. The van der Waals surface area contributed by atoms with Gasteiger partial charge in [-0.25, -0.2) is 4.39 Å². The summed E-state index contributed by atoms with van der Waals surface area (Å²) in [7, 11) is 0. The van der Waals surface area contributed by atoms with Crippen LogP contribution in [0.25, 0.3) is 0 Å². The molecule has 0 saturated carbocycles. The van der Waals surface area contributed by atoms with Crippen molar-refractivity contribution in [3.8, 4) is 5.75 Å². The Morgan fingerprint density at radius 1 is 1.16 bits per heavy atom. The van der Waals surface area contributed by atoms with Crippen molar-refractivity contribution in [3.05, 3.63) is 65.5 Å². The van der Waals surface area contributed by atoms with Crippen LogP contribution in [0.2, 0.25) is 0 Å². The Balaban J connectivity index is 2.12. The second-order valence-corrected chi connectivity index (χ2v) is 5.38. The number of rotatable bonds is 6. The summed E-state index contributed by atoms with van der Waals surface area (Å²) in [6, 6.07) is 10.6. The number of ether oxygens (including phenoxy) is 1. The highest BCUT2D eigenvalue weighted by Crippen LogP contribution is 2.14. The fourth-order valence-corrected chi connectivity index (χ4v) is 2.23. The Morgan fingerprint density at radius 3 is 2.52 bits per heavy atom. The Labute approximate surface area is 143 Å². The van der Waals surface area contributed by atoms with Crippen LogP contribution in [0.3, 0.4) is 0 Å². The van der Waals surface area contributed by atoms with Crippen molar-refractivity contribution in [2.75, 3.05) is 0 Å². The number of primary amides is 1. The van der Waals surface area contributed by atoms with E-state index in [1.165, 1.54) is 43.3 Å². The molecular weight excluding hydrogens is 327 g/mol. The zero-order chi connectivity index (χ0) is 18.4. The van der Waals surface area contributed by atoms with Gasteiger partial charge in [0, 0.05) is 18.9 Å². The zero-order valence-corrected chi connectivity index (χ0v) is 13.5. The third-order valence-corrected chi connectivity index (χ3v) is 3.34. The lowest BCUT2D eigenvalue weighted by Gasteiger charge is -2.16. The van der Waals surface area contributed by atoms with Gasteiger partial charge in [0.05, 0.1) is 0 Å². The van der Waals surface area contributed by atoms with Gasteiger partial charge in [0.1, 0.15) is 17.6 Å². The Kier molecular flexibility index (Phi) is 5.84. The molecule has 3 N–H and O–H groups in total. The predicted molar refractivity (Wildman–Crippen MR) is 88.3 cm³/mol. The van der Waals surface area contributed by atoms with E-state index < -0.39 is 29.6 Å². The summed E-state index contributed by atoms with van der Waals surface area (Å²) in [6.45, 7) is 1.24. The van der Waals surface area contributed by atoms with Gasteiger partial charge in [-0.3, -0.25) is 14.4 Å². The monoisotopic (exact) mass is 344 g/mol. The lowest BCUT2D eigenvalue weighted by molar-refractivity contribution is -0.131. The second kappa shape index (κ2) is 8.05. The number of esters is 1. The Morgan fingerprint density at radius 2 is 1.88 bits per heavy atom. The van der Waals surface area contributed by atoms with Crippen LogP contribution >= 0.6 is 0 Å². The number of nitrogens with one attached hydrogen (secondary N) is 1. The van der Waals surface area contributed by atoms with Crippen molar-refractivity contribution in [3.63, 3.8) is 0 Å². The average molecular weight is 344 g/mol. The van der Waals surface area contributed by atoms with Crippen LogP contribution in [0.4, 0.5) is 4.39 Å². The molecular formula is C18H17FN2O4. The van der Waals surface area contributed by atoms with Gasteiger partial charge in [0.25, 0.3) is 5.91 Å². The van der Waals surface area contributed by atoms with Gasteiger partial charge in [0.2, 0.25) is 5.91 Å². The van der Waals surface area contributed by atoms with E-state index in [0.717, 1.165) is 0 Å². The second-order valence-electron chi connectivity index (χ2n) is 5.38. The first-order chi connectivity index (χ1) is 11.8. The van der Waals surface area contributed by atoms with Gasteiger partial charge >= 0.3 is 5.97 Å². The maximum Gasteiger partial charge on any atom is 0.308 e. The fourth-order valence-electron chi connectivity index (χ4n) is 2.23. The van der Waals surface area contributed by atoms with Crippen molar-refractivity contribution < 1.29 is 23.5 Å². The summed E-state index contributed by atoms with van der Waals surface area (Å²) in [6.07, 6.45) is 0.0580. The number of benzene rings is 2. The molecule has 0 saturated heterocycles. The van der Waals surface area contributed by atoms with Crippen LogP contribution in [0.5, 0.6) is 5.75 Å². The molecule has 0 aliphatic carbocycles. The molecule has 0 aliphatic rings. The molecule has 2 aromatic rings. The van der Waals surface area contributed by atoms with Crippen molar-refractivity contribution in [2.45, 2.75) is 19.4 Å². The predicted octanol–water partition coefficient (Wildman–Crippen LogP) is 1.58. The standard InChI is InChI=1S/C18H17FN2O4/c1-11(22)25-15-7-3-5-13(10-15)18(24)21-16(17(20)23)9-12-4-2-6-14(19)8-12/h2-8,10,16H,9H2,1H3,(H2,20,23)(H,21,24)/t16-/m0/s1. The number of nitrogens with two attached hydrogens (primary N) is 1.